The van der Waals surface area contributed by atoms with E-state index in [1.807, 2.05) is 0 Å². The molecule has 0 aliphatic heterocycles. The van der Waals surface area contributed by atoms with E-state index in [1.54, 1.807) is 13.8 Å². The summed E-state index contributed by atoms with van der Waals surface area (Å²) in [4.78, 5) is 23.5. The molecule has 0 aliphatic rings. The largest absolute Gasteiger partial charge is 0.486 e. The van der Waals surface area contributed by atoms with Crippen LogP contribution >= 0.6 is 0 Å². The predicted octanol–water partition coefficient (Wildman–Crippen LogP) is 2.24. The molecular formula is C15H20F2N2O4. The molecule has 0 aliphatic carbocycles. The van der Waals surface area contributed by atoms with Crippen molar-refractivity contribution in [1.82, 2.24) is 10.2 Å². The van der Waals surface area contributed by atoms with E-state index < -0.39 is 29.2 Å². The topological polar surface area (TPSA) is 78.9 Å². The zero-order chi connectivity index (χ0) is 17.6. The highest BCUT2D eigenvalue weighted by atomic mass is 19.1. The minimum absolute atomic E-state index is 0.0148. The van der Waals surface area contributed by atoms with Crippen LogP contribution in [-0.2, 0) is 4.79 Å². The molecule has 0 saturated carbocycles. The Morgan fingerprint density at radius 2 is 1.83 bits per heavy atom. The molecule has 6 nitrogen and oxygen atoms in total. The van der Waals surface area contributed by atoms with Gasteiger partial charge >= 0.3 is 12.0 Å². The molecule has 2 N–H and O–H groups in total. The lowest BCUT2D eigenvalue weighted by Gasteiger charge is -2.28. The molecule has 0 unspecified atom stereocenters. The lowest BCUT2D eigenvalue weighted by Crippen LogP contribution is -2.47. The van der Waals surface area contributed by atoms with Gasteiger partial charge < -0.3 is 20.1 Å². The first-order chi connectivity index (χ1) is 10.6. The van der Waals surface area contributed by atoms with Crippen molar-refractivity contribution in [2.75, 3.05) is 20.1 Å². The van der Waals surface area contributed by atoms with Gasteiger partial charge in [-0.3, -0.25) is 4.79 Å². The van der Waals surface area contributed by atoms with Crippen LogP contribution in [0.3, 0.4) is 0 Å². The van der Waals surface area contributed by atoms with Crippen molar-refractivity contribution >= 4 is 12.0 Å². The van der Waals surface area contributed by atoms with Crippen LogP contribution in [0.4, 0.5) is 13.6 Å². The molecule has 0 saturated heterocycles. The van der Waals surface area contributed by atoms with E-state index in [-0.39, 0.29) is 25.3 Å². The zero-order valence-corrected chi connectivity index (χ0v) is 13.2. The van der Waals surface area contributed by atoms with Gasteiger partial charge in [-0.2, -0.15) is 0 Å². The summed E-state index contributed by atoms with van der Waals surface area (Å²) in [6, 6.07) is 2.37. The first-order valence-corrected chi connectivity index (χ1v) is 6.95. The number of nitrogens with zero attached hydrogens (tertiary/aromatic N) is 1. The molecule has 1 aromatic carbocycles. The van der Waals surface area contributed by atoms with Gasteiger partial charge in [-0.1, -0.05) is 0 Å². The zero-order valence-electron chi connectivity index (χ0n) is 13.2. The number of rotatable bonds is 7. The smallest absolute Gasteiger partial charge is 0.317 e. The molecule has 8 heteroatoms. The molecule has 0 atom stereocenters. The number of ether oxygens (including phenoxy) is 1. The van der Waals surface area contributed by atoms with Crippen molar-refractivity contribution in [1.29, 1.82) is 0 Å². The maximum atomic E-state index is 13.1. The minimum Gasteiger partial charge on any atom is -0.486 e. The van der Waals surface area contributed by atoms with Crippen LogP contribution in [-0.4, -0.2) is 47.7 Å². The van der Waals surface area contributed by atoms with E-state index in [0.717, 1.165) is 18.2 Å². The maximum absolute atomic E-state index is 13.1. The molecule has 0 radical (unpaired) electrons. The average molecular weight is 330 g/mol. The number of benzene rings is 1. The van der Waals surface area contributed by atoms with Gasteiger partial charge in [0.2, 0.25) is 0 Å². The molecule has 0 heterocycles. The van der Waals surface area contributed by atoms with Crippen molar-refractivity contribution in [3.8, 4) is 5.75 Å². The molecule has 2 amide bonds. The van der Waals surface area contributed by atoms with Crippen molar-refractivity contribution in [2.45, 2.75) is 25.9 Å². The number of carboxylic acids is 1. The molecule has 1 aromatic rings. The summed E-state index contributed by atoms with van der Waals surface area (Å²) in [5, 5.41) is 11.2. The number of hydrogen-bond donors (Lipinski definition) is 2. The Bertz CT molecular complexity index is 558. The Kier molecular flexibility index (Phi) is 6.29. The molecule has 0 fully saturated rings. The fraction of sp³-hybridized carbons (Fsp3) is 0.467. The Hall–Kier alpha value is -2.38. The van der Waals surface area contributed by atoms with Gasteiger partial charge in [0.25, 0.3) is 0 Å². The van der Waals surface area contributed by atoms with Gasteiger partial charge in [-0.15, -0.1) is 0 Å². The maximum Gasteiger partial charge on any atom is 0.317 e. The van der Waals surface area contributed by atoms with Crippen LogP contribution in [0.25, 0.3) is 0 Å². The summed E-state index contributed by atoms with van der Waals surface area (Å²) in [6.07, 6.45) is -0.160. The third-order valence-electron chi connectivity index (χ3n) is 2.90. The Labute approximate surface area is 133 Å². The van der Waals surface area contributed by atoms with Crippen molar-refractivity contribution in [3.05, 3.63) is 29.8 Å². The lowest BCUT2D eigenvalue weighted by atomic mass is 10.1. The van der Waals surface area contributed by atoms with E-state index >= 15 is 0 Å². The summed E-state index contributed by atoms with van der Waals surface area (Å²) in [6.45, 7) is 3.43. The van der Waals surface area contributed by atoms with E-state index in [9.17, 15) is 18.4 Å². The SMILES string of the molecule is CN(CCC(=O)O)C(=O)NCC(C)(C)Oc1cc(F)cc(F)c1. The number of hydrogen-bond acceptors (Lipinski definition) is 3. The molecule has 0 aromatic heterocycles. The van der Waals surface area contributed by atoms with Crippen molar-refractivity contribution < 1.29 is 28.2 Å². The highest BCUT2D eigenvalue weighted by Crippen LogP contribution is 2.20. The van der Waals surface area contributed by atoms with E-state index in [4.69, 9.17) is 9.84 Å². The number of carbonyl (C=O) groups excluding carboxylic acids is 1. The Morgan fingerprint density at radius 1 is 1.26 bits per heavy atom. The lowest BCUT2D eigenvalue weighted by molar-refractivity contribution is -0.137. The number of carboxylic acid groups (broad SMARTS) is 1. The standard InChI is InChI=1S/C15H20F2N2O4/c1-15(2,23-12-7-10(16)6-11(17)8-12)9-18-14(22)19(3)5-4-13(20)21/h6-8H,4-5,9H2,1-3H3,(H,18,22)(H,20,21). The average Bonchev–Trinajstić information content (AvgIpc) is 2.40. The van der Waals surface area contributed by atoms with Crippen LogP contribution in [0.15, 0.2) is 18.2 Å². The molecule has 1 rings (SSSR count). The van der Waals surface area contributed by atoms with Gasteiger partial charge in [0, 0.05) is 31.8 Å². The second kappa shape index (κ2) is 7.75. The minimum atomic E-state index is -0.999. The van der Waals surface area contributed by atoms with Crippen molar-refractivity contribution in [2.24, 2.45) is 0 Å². The summed E-state index contributed by atoms with van der Waals surface area (Å²) in [5.41, 5.74) is -0.913. The van der Waals surface area contributed by atoms with Gasteiger partial charge in [-0.25, -0.2) is 13.6 Å². The third-order valence-corrected chi connectivity index (χ3v) is 2.90. The van der Waals surface area contributed by atoms with Crippen molar-refractivity contribution in [3.63, 3.8) is 0 Å². The number of aliphatic carboxylic acids is 1. The van der Waals surface area contributed by atoms with Gasteiger partial charge in [0.1, 0.15) is 23.0 Å². The van der Waals surface area contributed by atoms with Crippen LogP contribution < -0.4 is 10.1 Å². The van der Waals surface area contributed by atoms with Crippen LogP contribution in [0.5, 0.6) is 5.75 Å². The molecule has 23 heavy (non-hydrogen) atoms. The summed E-state index contributed by atoms with van der Waals surface area (Å²) < 4.78 is 31.7. The molecule has 128 valence electrons. The number of urea groups is 1. The first-order valence-electron chi connectivity index (χ1n) is 6.95. The monoisotopic (exact) mass is 330 g/mol. The van der Waals surface area contributed by atoms with Gasteiger partial charge in [-0.05, 0) is 13.8 Å². The normalized spacial score (nSPS) is 11.0. The third kappa shape index (κ3) is 6.94. The second-order valence-electron chi connectivity index (χ2n) is 5.69. The Balaban J connectivity index is 2.54. The number of halogens is 2. The fourth-order valence-corrected chi connectivity index (χ4v) is 1.73. The summed E-state index contributed by atoms with van der Waals surface area (Å²) >= 11 is 0. The number of amides is 2. The quantitative estimate of drug-likeness (QED) is 0.804. The van der Waals surface area contributed by atoms with Gasteiger partial charge in [0.15, 0.2) is 0 Å². The summed E-state index contributed by atoms with van der Waals surface area (Å²) in [5.74, 6) is -2.50. The summed E-state index contributed by atoms with van der Waals surface area (Å²) in [7, 11) is 1.47. The number of nitrogens with one attached hydrogen (secondary N) is 1. The highest BCUT2D eigenvalue weighted by molar-refractivity contribution is 5.75. The second-order valence-corrected chi connectivity index (χ2v) is 5.69. The molecular weight excluding hydrogens is 310 g/mol. The van der Waals surface area contributed by atoms with Crippen LogP contribution in [0.2, 0.25) is 0 Å². The molecule has 0 spiro atoms. The fourth-order valence-electron chi connectivity index (χ4n) is 1.73. The van der Waals surface area contributed by atoms with Crippen LogP contribution in [0.1, 0.15) is 20.3 Å². The first kappa shape index (κ1) is 18.7. The van der Waals surface area contributed by atoms with Gasteiger partial charge in [0.05, 0.1) is 13.0 Å². The van der Waals surface area contributed by atoms with E-state index in [2.05, 4.69) is 5.32 Å². The predicted molar refractivity (Wildman–Crippen MR) is 79.3 cm³/mol. The molecule has 0 bridgehead atoms. The Morgan fingerprint density at radius 3 is 2.35 bits per heavy atom. The van der Waals surface area contributed by atoms with E-state index in [0.29, 0.717) is 0 Å². The van der Waals surface area contributed by atoms with E-state index in [1.165, 1.54) is 11.9 Å². The highest BCUT2D eigenvalue weighted by Gasteiger charge is 2.22. The number of carbonyl (C=O) groups is 2. The van der Waals surface area contributed by atoms with Crippen LogP contribution in [0, 0.1) is 11.6 Å².